The first-order chi connectivity index (χ1) is 14.5. The zero-order valence-corrected chi connectivity index (χ0v) is 17.4. The van der Waals surface area contributed by atoms with Crippen LogP contribution in [0.4, 0.5) is 5.69 Å². The lowest BCUT2D eigenvalue weighted by atomic mass is 9.90. The van der Waals surface area contributed by atoms with Gasteiger partial charge in [-0.05, 0) is 38.8 Å². The third kappa shape index (κ3) is 4.75. The van der Waals surface area contributed by atoms with Gasteiger partial charge in [0.15, 0.2) is 0 Å². The summed E-state index contributed by atoms with van der Waals surface area (Å²) in [5.41, 5.74) is 0.689. The Bertz CT molecular complexity index is 786. The molecule has 0 aromatic carbocycles. The fourth-order valence-electron chi connectivity index (χ4n) is 4.42. The first kappa shape index (κ1) is 20.7. The summed E-state index contributed by atoms with van der Waals surface area (Å²) in [6.45, 7) is 2.23. The van der Waals surface area contributed by atoms with E-state index in [1.165, 1.54) is 32.1 Å². The SMILES string of the molecule is CN1CCCN(c2cncc(OCC3CCCCC3)c2)C2(C1)OC(=O)C=CC(=O)O2. The molecule has 1 aromatic rings. The molecule has 0 atom stereocenters. The highest BCUT2D eigenvalue weighted by Crippen LogP contribution is 2.33. The second kappa shape index (κ2) is 9.04. The van der Waals surface area contributed by atoms with Gasteiger partial charge in [0, 0.05) is 24.8 Å². The molecule has 1 spiro atoms. The molecule has 3 heterocycles. The molecular weight excluding hydrogens is 386 g/mol. The second-order valence-electron chi connectivity index (χ2n) is 8.33. The molecule has 1 aliphatic carbocycles. The van der Waals surface area contributed by atoms with E-state index in [-0.39, 0.29) is 6.54 Å². The number of anilines is 1. The number of pyridine rings is 1. The lowest BCUT2D eigenvalue weighted by molar-refractivity contribution is -0.223. The monoisotopic (exact) mass is 415 g/mol. The minimum absolute atomic E-state index is 0.235. The third-order valence-electron chi connectivity index (χ3n) is 5.90. The maximum atomic E-state index is 12.2. The molecular formula is C22H29N3O5. The lowest BCUT2D eigenvalue weighted by Crippen LogP contribution is -2.59. The predicted molar refractivity (Wildman–Crippen MR) is 110 cm³/mol. The van der Waals surface area contributed by atoms with E-state index in [0.717, 1.165) is 25.1 Å². The molecule has 30 heavy (non-hydrogen) atoms. The molecule has 0 amide bonds. The molecule has 8 nitrogen and oxygen atoms in total. The van der Waals surface area contributed by atoms with Crippen molar-refractivity contribution in [2.45, 2.75) is 44.4 Å². The molecule has 0 unspecified atom stereocenters. The average Bonchev–Trinajstić information content (AvgIpc) is 2.99. The molecule has 1 aromatic heterocycles. The van der Waals surface area contributed by atoms with E-state index in [1.807, 2.05) is 18.0 Å². The first-order valence-electron chi connectivity index (χ1n) is 10.7. The summed E-state index contributed by atoms with van der Waals surface area (Å²) in [4.78, 5) is 32.6. The molecule has 1 saturated heterocycles. The summed E-state index contributed by atoms with van der Waals surface area (Å²) in [6.07, 6.45) is 12.6. The molecule has 2 fully saturated rings. The smallest absolute Gasteiger partial charge is 0.356 e. The van der Waals surface area contributed by atoms with Crippen molar-refractivity contribution in [1.82, 2.24) is 9.88 Å². The van der Waals surface area contributed by atoms with Gasteiger partial charge >= 0.3 is 17.8 Å². The van der Waals surface area contributed by atoms with Crippen LogP contribution in [-0.4, -0.2) is 61.0 Å². The van der Waals surface area contributed by atoms with Crippen LogP contribution in [0.1, 0.15) is 38.5 Å². The van der Waals surface area contributed by atoms with E-state index in [4.69, 9.17) is 14.2 Å². The predicted octanol–water partition coefficient (Wildman–Crippen LogP) is 2.49. The quantitative estimate of drug-likeness (QED) is 0.694. The van der Waals surface area contributed by atoms with Gasteiger partial charge in [-0.3, -0.25) is 14.8 Å². The number of carbonyl (C=O) groups excluding carboxylic acids is 2. The number of hydrogen-bond donors (Lipinski definition) is 0. The van der Waals surface area contributed by atoms with E-state index >= 15 is 0 Å². The van der Waals surface area contributed by atoms with Crippen LogP contribution >= 0.6 is 0 Å². The van der Waals surface area contributed by atoms with Gasteiger partial charge in [-0.15, -0.1) is 0 Å². The minimum atomic E-state index is -1.55. The highest BCUT2D eigenvalue weighted by Gasteiger charge is 2.48. The van der Waals surface area contributed by atoms with Gasteiger partial charge in [0.2, 0.25) is 0 Å². The number of aromatic nitrogens is 1. The second-order valence-corrected chi connectivity index (χ2v) is 8.33. The number of nitrogens with zero attached hydrogens (tertiary/aromatic N) is 3. The summed E-state index contributed by atoms with van der Waals surface area (Å²) in [5, 5.41) is 0. The van der Waals surface area contributed by atoms with Crippen LogP contribution in [0.3, 0.4) is 0 Å². The number of rotatable bonds is 4. The first-order valence-corrected chi connectivity index (χ1v) is 10.7. The van der Waals surface area contributed by atoms with E-state index in [9.17, 15) is 9.59 Å². The van der Waals surface area contributed by atoms with Crippen molar-refractivity contribution in [3.05, 3.63) is 30.6 Å². The van der Waals surface area contributed by atoms with Crippen molar-refractivity contribution in [2.24, 2.45) is 5.92 Å². The Morgan fingerprint density at radius 1 is 1.07 bits per heavy atom. The highest BCUT2D eigenvalue weighted by molar-refractivity contribution is 5.93. The van der Waals surface area contributed by atoms with Crippen molar-refractivity contribution in [1.29, 1.82) is 0 Å². The van der Waals surface area contributed by atoms with Crippen LogP contribution in [0.5, 0.6) is 5.75 Å². The van der Waals surface area contributed by atoms with Crippen molar-refractivity contribution < 1.29 is 23.8 Å². The van der Waals surface area contributed by atoms with E-state index in [2.05, 4.69) is 4.98 Å². The topological polar surface area (TPSA) is 81.2 Å². The maximum absolute atomic E-state index is 12.2. The minimum Gasteiger partial charge on any atom is -0.492 e. The van der Waals surface area contributed by atoms with Crippen LogP contribution in [-0.2, 0) is 19.1 Å². The summed E-state index contributed by atoms with van der Waals surface area (Å²) in [7, 11) is 1.91. The molecule has 0 N–H and O–H groups in total. The molecule has 4 rings (SSSR count). The maximum Gasteiger partial charge on any atom is 0.356 e. The molecule has 1 saturated carbocycles. The van der Waals surface area contributed by atoms with Gasteiger partial charge in [0.1, 0.15) is 5.75 Å². The Balaban J connectivity index is 1.58. The molecule has 0 radical (unpaired) electrons. The zero-order chi connectivity index (χ0) is 21.0. The lowest BCUT2D eigenvalue weighted by Gasteiger charge is -2.41. The van der Waals surface area contributed by atoms with Gasteiger partial charge < -0.3 is 14.2 Å². The fourth-order valence-corrected chi connectivity index (χ4v) is 4.42. The number of ether oxygens (including phenoxy) is 3. The molecule has 162 valence electrons. The van der Waals surface area contributed by atoms with Gasteiger partial charge in [0.05, 0.1) is 31.2 Å². The molecule has 3 aliphatic rings. The Morgan fingerprint density at radius 2 is 1.80 bits per heavy atom. The van der Waals surface area contributed by atoms with Gasteiger partial charge in [-0.1, -0.05) is 19.3 Å². The Morgan fingerprint density at radius 3 is 2.53 bits per heavy atom. The Hall–Kier alpha value is -2.61. The van der Waals surface area contributed by atoms with Crippen molar-refractivity contribution in [3.8, 4) is 5.75 Å². The van der Waals surface area contributed by atoms with Gasteiger partial charge in [-0.25, -0.2) is 9.59 Å². The summed E-state index contributed by atoms with van der Waals surface area (Å²) in [5.74, 6) is -1.53. The van der Waals surface area contributed by atoms with Crippen molar-refractivity contribution >= 4 is 17.6 Å². The molecule has 0 bridgehead atoms. The van der Waals surface area contributed by atoms with Crippen LogP contribution in [0, 0.1) is 5.92 Å². The Kier molecular flexibility index (Phi) is 6.22. The van der Waals surface area contributed by atoms with Crippen molar-refractivity contribution in [2.75, 3.05) is 38.2 Å². The van der Waals surface area contributed by atoms with Gasteiger partial charge in [-0.2, -0.15) is 0 Å². The standard InChI is InChI=1S/C22H29N3O5/c1-24-10-5-11-25(22(16-24)29-20(26)8-9-21(27)30-22)18-12-19(14-23-13-18)28-15-17-6-3-2-4-7-17/h8-9,12-14,17H,2-7,10-11,15-16H2,1H3. The van der Waals surface area contributed by atoms with E-state index < -0.39 is 17.8 Å². The van der Waals surface area contributed by atoms with E-state index in [0.29, 0.717) is 30.5 Å². The van der Waals surface area contributed by atoms with Crippen LogP contribution < -0.4 is 9.64 Å². The van der Waals surface area contributed by atoms with Crippen LogP contribution in [0.2, 0.25) is 0 Å². The third-order valence-corrected chi connectivity index (χ3v) is 5.90. The summed E-state index contributed by atoms with van der Waals surface area (Å²) in [6, 6.07) is 1.88. The number of carbonyl (C=O) groups is 2. The van der Waals surface area contributed by atoms with Crippen LogP contribution in [0.25, 0.3) is 0 Å². The number of hydrogen-bond acceptors (Lipinski definition) is 8. The summed E-state index contributed by atoms with van der Waals surface area (Å²) >= 11 is 0. The summed E-state index contributed by atoms with van der Waals surface area (Å²) < 4.78 is 17.4. The normalized spacial score (nSPS) is 22.9. The Labute approximate surface area is 176 Å². The van der Waals surface area contributed by atoms with Gasteiger partial charge in [0.25, 0.3) is 0 Å². The van der Waals surface area contributed by atoms with Crippen molar-refractivity contribution in [3.63, 3.8) is 0 Å². The molecule has 2 aliphatic heterocycles. The largest absolute Gasteiger partial charge is 0.492 e. The zero-order valence-electron chi connectivity index (χ0n) is 17.4. The highest BCUT2D eigenvalue weighted by atomic mass is 16.8. The number of esters is 2. The fraction of sp³-hybridized carbons (Fsp3) is 0.591. The number of likely N-dealkylation sites (N-methyl/N-ethyl adjacent to an activating group) is 1. The van der Waals surface area contributed by atoms with E-state index in [1.54, 1.807) is 17.3 Å². The average molecular weight is 415 g/mol. The molecule has 8 heteroatoms. The van der Waals surface area contributed by atoms with Crippen LogP contribution in [0.15, 0.2) is 30.6 Å².